The topological polar surface area (TPSA) is 106 Å². The van der Waals surface area contributed by atoms with Crippen molar-refractivity contribution in [1.29, 1.82) is 0 Å². The van der Waals surface area contributed by atoms with Crippen LogP contribution in [0.25, 0.3) is 0 Å². The van der Waals surface area contributed by atoms with Gasteiger partial charge in [0.2, 0.25) is 5.95 Å². The minimum Gasteiger partial charge on any atom is -0.357 e. The standard InChI is InChI=1S/C10H12N6O2S/c1-5-4-12-9(11-2)14-8(5)19-10-13-6(17)7(18)15-16(10)3/h4H,1-3H3,(H,15,18)(H,11,12,14). The van der Waals surface area contributed by atoms with Crippen LogP contribution < -0.4 is 16.4 Å². The number of hydrogen-bond acceptors (Lipinski definition) is 7. The van der Waals surface area contributed by atoms with Crippen LogP contribution >= 0.6 is 11.8 Å². The molecule has 8 nitrogen and oxygen atoms in total. The Bertz CT molecular complexity index is 723. The molecule has 0 aliphatic carbocycles. The third-order valence-corrected chi connectivity index (χ3v) is 3.44. The average Bonchev–Trinajstić information content (AvgIpc) is 2.38. The second-order valence-electron chi connectivity index (χ2n) is 3.73. The quantitative estimate of drug-likeness (QED) is 0.590. The molecule has 0 saturated heterocycles. The highest BCUT2D eigenvalue weighted by molar-refractivity contribution is 7.99. The molecule has 0 aliphatic rings. The fourth-order valence-corrected chi connectivity index (χ4v) is 2.12. The van der Waals surface area contributed by atoms with Crippen LogP contribution in [0.15, 0.2) is 26.0 Å². The highest BCUT2D eigenvalue weighted by Crippen LogP contribution is 2.25. The van der Waals surface area contributed by atoms with Gasteiger partial charge in [0.1, 0.15) is 5.03 Å². The number of aryl methyl sites for hydroxylation is 2. The van der Waals surface area contributed by atoms with E-state index in [9.17, 15) is 9.59 Å². The van der Waals surface area contributed by atoms with Gasteiger partial charge in [-0.1, -0.05) is 0 Å². The summed E-state index contributed by atoms with van der Waals surface area (Å²) in [6.07, 6.45) is 1.67. The molecule has 2 rings (SSSR count). The van der Waals surface area contributed by atoms with Crippen molar-refractivity contribution in [3.05, 3.63) is 32.5 Å². The number of nitrogens with one attached hydrogen (secondary N) is 2. The maximum absolute atomic E-state index is 11.3. The van der Waals surface area contributed by atoms with Crippen molar-refractivity contribution in [1.82, 2.24) is 24.7 Å². The lowest BCUT2D eigenvalue weighted by Gasteiger charge is -2.08. The number of anilines is 1. The van der Waals surface area contributed by atoms with Crippen molar-refractivity contribution < 1.29 is 0 Å². The summed E-state index contributed by atoms with van der Waals surface area (Å²) in [7, 11) is 3.32. The second kappa shape index (κ2) is 5.22. The second-order valence-corrected chi connectivity index (χ2v) is 4.69. The molecule has 2 aromatic heterocycles. The molecule has 0 atom stereocenters. The number of aromatic nitrogens is 5. The van der Waals surface area contributed by atoms with Gasteiger partial charge < -0.3 is 5.32 Å². The highest BCUT2D eigenvalue weighted by atomic mass is 32.2. The third kappa shape index (κ3) is 2.81. The lowest BCUT2D eigenvalue weighted by Crippen LogP contribution is -2.33. The van der Waals surface area contributed by atoms with E-state index in [1.165, 1.54) is 16.4 Å². The van der Waals surface area contributed by atoms with Gasteiger partial charge in [0.05, 0.1) is 0 Å². The van der Waals surface area contributed by atoms with Gasteiger partial charge in [0.25, 0.3) is 0 Å². The first-order valence-corrected chi connectivity index (χ1v) is 6.19. The number of aromatic amines is 1. The van der Waals surface area contributed by atoms with Gasteiger partial charge >= 0.3 is 11.1 Å². The van der Waals surface area contributed by atoms with Gasteiger partial charge in [-0.25, -0.2) is 9.97 Å². The van der Waals surface area contributed by atoms with E-state index in [0.29, 0.717) is 16.1 Å². The Morgan fingerprint density at radius 1 is 1.37 bits per heavy atom. The van der Waals surface area contributed by atoms with Gasteiger partial charge in [0.15, 0.2) is 5.16 Å². The maximum Gasteiger partial charge on any atom is 0.339 e. The summed E-state index contributed by atoms with van der Waals surface area (Å²) in [5.74, 6) is 0.475. The molecule has 0 spiro atoms. The summed E-state index contributed by atoms with van der Waals surface area (Å²) in [5.41, 5.74) is -0.715. The van der Waals surface area contributed by atoms with Gasteiger partial charge in [-0.2, -0.15) is 4.98 Å². The lowest BCUT2D eigenvalue weighted by atomic mass is 10.4. The van der Waals surface area contributed by atoms with Crippen LogP contribution in [0.4, 0.5) is 5.95 Å². The smallest absolute Gasteiger partial charge is 0.339 e. The van der Waals surface area contributed by atoms with Crippen LogP contribution in [0.2, 0.25) is 0 Å². The Hall–Kier alpha value is -2.16. The Morgan fingerprint density at radius 2 is 2.11 bits per heavy atom. The normalized spacial score (nSPS) is 10.5. The summed E-state index contributed by atoms with van der Waals surface area (Å²) < 4.78 is 1.38. The van der Waals surface area contributed by atoms with Crippen molar-refractivity contribution in [3.8, 4) is 0 Å². The molecular weight excluding hydrogens is 268 g/mol. The Balaban J connectivity index is 2.44. The first-order chi connectivity index (χ1) is 9.01. The SMILES string of the molecule is CNc1ncc(C)c(Sc2nc(=O)c(=O)[nH]n2C)n1. The van der Waals surface area contributed by atoms with E-state index in [0.717, 1.165) is 5.56 Å². The van der Waals surface area contributed by atoms with Crippen molar-refractivity contribution in [2.75, 3.05) is 12.4 Å². The van der Waals surface area contributed by atoms with E-state index in [1.54, 1.807) is 20.3 Å². The van der Waals surface area contributed by atoms with Crippen LogP contribution in [0, 0.1) is 6.92 Å². The molecular formula is C10H12N6O2S. The van der Waals surface area contributed by atoms with Crippen LogP contribution in [-0.4, -0.2) is 31.8 Å². The molecule has 0 aromatic carbocycles. The molecule has 2 N–H and O–H groups in total. The molecule has 0 aliphatic heterocycles. The average molecular weight is 280 g/mol. The van der Waals surface area contributed by atoms with Crippen LogP contribution in [0.5, 0.6) is 0 Å². The molecule has 0 bridgehead atoms. The van der Waals surface area contributed by atoms with E-state index in [1.807, 2.05) is 6.92 Å². The molecule has 100 valence electrons. The van der Waals surface area contributed by atoms with Gasteiger partial charge in [-0.05, 0) is 18.7 Å². The molecule has 0 fully saturated rings. The highest BCUT2D eigenvalue weighted by Gasteiger charge is 2.10. The van der Waals surface area contributed by atoms with Gasteiger partial charge in [-0.3, -0.25) is 19.4 Å². The zero-order chi connectivity index (χ0) is 14.0. The summed E-state index contributed by atoms with van der Waals surface area (Å²) in [6.45, 7) is 1.85. The summed E-state index contributed by atoms with van der Waals surface area (Å²) in [6, 6.07) is 0. The maximum atomic E-state index is 11.3. The minimum atomic E-state index is -0.818. The van der Waals surface area contributed by atoms with Crippen molar-refractivity contribution >= 4 is 17.7 Å². The monoisotopic (exact) mass is 280 g/mol. The van der Waals surface area contributed by atoms with E-state index >= 15 is 0 Å². The zero-order valence-electron chi connectivity index (χ0n) is 10.6. The minimum absolute atomic E-state index is 0.355. The first kappa shape index (κ1) is 13.3. The summed E-state index contributed by atoms with van der Waals surface area (Å²) in [4.78, 5) is 34.4. The zero-order valence-corrected chi connectivity index (χ0v) is 11.4. The molecule has 19 heavy (non-hydrogen) atoms. The van der Waals surface area contributed by atoms with Crippen molar-refractivity contribution in [3.63, 3.8) is 0 Å². The number of rotatable bonds is 3. The number of H-pyrrole nitrogens is 1. The molecule has 0 amide bonds. The largest absolute Gasteiger partial charge is 0.357 e. The molecule has 2 aromatic rings. The van der Waals surface area contributed by atoms with Crippen LogP contribution in [-0.2, 0) is 7.05 Å². The van der Waals surface area contributed by atoms with Crippen molar-refractivity contribution in [2.45, 2.75) is 17.1 Å². The van der Waals surface area contributed by atoms with Crippen LogP contribution in [0.3, 0.4) is 0 Å². The Labute approximate surface area is 112 Å². The molecule has 9 heteroatoms. The lowest BCUT2D eigenvalue weighted by molar-refractivity contribution is 0.596. The Morgan fingerprint density at radius 3 is 2.79 bits per heavy atom. The summed E-state index contributed by atoms with van der Waals surface area (Å²) in [5, 5.41) is 6.23. The molecule has 0 unspecified atom stereocenters. The predicted octanol–water partition coefficient (Wildman–Crippen LogP) is -0.240. The molecule has 2 heterocycles. The first-order valence-electron chi connectivity index (χ1n) is 5.38. The van der Waals surface area contributed by atoms with E-state index in [-0.39, 0.29) is 0 Å². The molecule has 0 radical (unpaired) electrons. The third-order valence-electron chi connectivity index (χ3n) is 2.28. The van der Waals surface area contributed by atoms with E-state index in [2.05, 4.69) is 25.4 Å². The summed E-state index contributed by atoms with van der Waals surface area (Å²) >= 11 is 1.18. The fourth-order valence-electron chi connectivity index (χ4n) is 1.29. The fraction of sp³-hybridized carbons (Fsp3) is 0.300. The van der Waals surface area contributed by atoms with E-state index < -0.39 is 11.1 Å². The van der Waals surface area contributed by atoms with E-state index in [4.69, 9.17) is 0 Å². The Kier molecular flexibility index (Phi) is 3.65. The van der Waals surface area contributed by atoms with Gasteiger partial charge in [-0.15, -0.1) is 0 Å². The van der Waals surface area contributed by atoms with Gasteiger partial charge in [0, 0.05) is 25.9 Å². The number of nitrogens with zero attached hydrogens (tertiary/aromatic N) is 4. The number of hydrogen-bond donors (Lipinski definition) is 2. The van der Waals surface area contributed by atoms with Crippen LogP contribution in [0.1, 0.15) is 5.56 Å². The van der Waals surface area contributed by atoms with Crippen molar-refractivity contribution in [2.24, 2.45) is 7.05 Å². The molecule has 0 saturated carbocycles. The predicted molar refractivity (Wildman–Crippen MR) is 70.5 cm³/mol.